The highest BCUT2D eigenvalue weighted by molar-refractivity contribution is 5.55. The Kier molecular flexibility index (Phi) is 6.39. The Morgan fingerprint density at radius 2 is 1.55 bits per heavy atom. The second kappa shape index (κ2) is 9.36. The van der Waals surface area contributed by atoms with Gasteiger partial charge < -0.3 is 28.8 Å². The predicted molar refractivity (Wildman–Crippen MR) is 115 cm³/mol. The number of piperazine rings is 1. The third kappa shape index (κ3) is 4.65. The minimum atomic E-state index is 0.155. The van der Waals surface area contributed by atoms with Crippen molar-refractivity contribution < 1.29 is 28.8 Å². The molecule has 0 spiro atoms. The summed E-state index contributed by atoms with van der Waals surface area (Å²) in [6, 6.07) is 8.77. The minimum absolute atomic E-state index is 0.155. The molecule has 1 N–H and O–H groups in total. The van der Waals surface area contributed by atoms with Crippen molar-refractivity contribution >= 4 is 0 Å². The summed E-state index contributed by atoms with van der Waals surface area (Å²) in [4.78, 5) is 4.71. The normalized spacial score (nSPS) is 16.5. The molecule has 2 aromatic carbocycles. The number of aromatic hydroxyl groups is 1. The standard InChI is InChI=1S/C23H28N2O6/c1-27-20-6-4-16(22(28-2)23(20)29-3)13-24-8-10-25(11-9-24)14-18-15-30-19-7-5-17(26)12-21(19)31-18/h4-7,12,15,26H,8-11,13-14H2,1-3H3. The average Bonchev–Trinajstić information content (AvgIpc) is 2.79. The van der Waals surface area contributed by atoms with Gasteiger partial charge in [0.1, 0.15) is 12.0 Å². The van der Waals surface area contributed by atoms with Crippen molar-refractivity contribution in [2.75, 3.05) is 54.1 Å². The van der Waals surface area contributed by atoms with E-state index in [-0.39, 0.29) is 5.75 Å². The molecule has 0 aliphatic carbocycles. The maximum atomic E-state index is 9.65. The first-order valence-electron chi connectivity index (χ1n) is 10.2. The predicted octanol–water partition coefficient (Wildman–Crippen LogP) is 2.85. The summed E-state index contributed by atoms with van der Waals surface area (Å²) in [5.41, 5.74) is 1.07. The van der Waals surface area contributed by atoms with Crippen molar-refractivity contribution in [3.05, 3.63) is 47.9 Å². The second-order valence-electron chi connectivity index (χ2n) is 7.48. The van der Waals surface area contributed by atoms with Crippen molar-refractivity contribution in [2.45, 2.75) is 6.54 Å². The van der Waals surface area contributed by atoms with Crippen LogP contribution in [0, 0.1) is 0 Å². The molecular formula is C23H28N2O6. The molecule has 8 nitrogen and oxygen atoms in total. The smallest absolute Gasteiger partial charge is 0.203 e. The Morgan fingerprint density at radius 1 is 0.839 bits per heavy atom. The quantitative estimate of drug-likeness (QED) is 0.722. The summed E-state index contributed by atoms with van der Waals surface area (Å²) in [5, 5.41) is 9.65. The number of ether oxygens (including phenoxy) is 5. The largest absolute Gasteiger partial charge is 0.508 e. The molecule has 8 heteroatoms. The van der Waals surface area contributed by atoms with E-state index in [4.69, 9.17) is 23.7 Å². The van der Waals surface area contributed by atoms with E-state index < -0.39 is 0 Å². The van der Waals surface area contributed by atoms with Crippen LogP contribution in [0.1, 0.15) is 5.56 Å². The fourth-order valence-corrected chi connectivity index (χ4v) is 3.89. The van der Waals surface area contributed by atoms with Gasteiger partial charge in [-0.3, -0.25) is 9.80 Å². The Bertz CT molecular complexity index is 953. The van der Waals surface area contributed by atoms with Gasteiger partial charge in [0.15, 0.2) is 28.8 Å². The molecule has 0 bridgehead atoms. The summed E-state index contributed by atoms with van der Waals surface area (Å²) in [7, 11) is 4.89. The first kappa shape index (κ1) is 21.1. The number of hydrogen-bond acceptors (Lipinski definition) is 8. The number of fused-ring (bicyclic) bond motifs is 1. The first-order valence-corrected chi connectivity index (χ1v) is 10.2. The summed E-state index contributed by atoms with van der Waals surface area (Å²) in [6.45, 7) is 5.08. The van der Waals surface area contributed by atoms with Gasteiger partial charge in [-0.1, -0.05) is 6.07 Å². The maximum absolute atomic E-state index is 9.65. The number of methoxy groups -OCH3 is 3. The van der Waals surface area contributed by atoms with Crippen LogP contribution in [0.5, 0.6) is 34.5 Å². The molecule has 4 rings (SSSR count). The SMILES string of the molecule is COc1ccc(CN2CCN(CC3=COc4ccc(O)cc4O3)CC2)c(OC)c1OC. The van der Waals surface area contributed by atoms with Crippen LogP contribution in [0.3, 0.4) is 0 Å². The van der Waals surface area contributed by atoms with Crippen LogP contribution in [0.4, 0.5) is 0 Å². The first-order chi connectivity index (χ1) is 15.1. The van der Waals surface area contributed by atoms with Gasteiger partial charge in [-0.15, -0.1) is 0 Å². The summed E-state index contributed by atoms with van der Waals surface area (Å²) < 4.78 is 28.0. The van der Waals surface area contributed by atoms with E-state index in [0.717, 1.165) is 44.0 Å². The third-order valence-corrected chi connectivity index (χ3v) is 5.51. The number of rotatable bonds is 7. The van der Waals surface area contributed by atoms with Crippen molar-refractivity contribution in [1.29, 1.82) is 0 Å². The molecule has 2 heterocycles. The zero-order valence-electron chi connectivity index (χ0n) is 18.1. The molecule has 0 atom stereocenters. The highest BCUT2D eigenvalue weighted by Gasteiger charge is 2.23. The van der Waals surface area contributed by atoms with Crippen LogP contribution in [0.15, 0.2) is 42.4 Å². The van der Waals surface area contributed by atoms with Crippen LogP contribution < -0.4 is 23.7 Å². The number of phenolic OH excluding ortho intramolecular Hbond substituents is 1. The fourth-order valence-electron chi connectivity index (χ4n) is 3.89. The Hall–Kier alpha value is -3.10. The van der Waals surface area contributed by atoms with Gasteiger partial charge in [0, 0.05) is 44.4 Å². The van der Waals surface area contributed by atoms with Crippen LogP contribution in [-0.2, 0) is 6.54 Å². The lowest BCUT2D eigenvalue weighted by atomic mass is 10.1. The zero-order valence-corrected chi connectivity index (χ0v) is 18.1. The molecule has 2 aliphatic rings. The molecule has 0 amide bonds. The lowest BCUT2D eigenvalue weighted by Gasteiger charge is -2.35. The van der Waals surface area contributed by atoms with Crippen molar-refractivity contribution in [2.24, 2.45) is 0 Å². The molecule has 166 valence electrons. The number of hydrogen-bond donors (Lipinski definition) is 1. The highest BCUT2D eigenvalue weighted by atomic mass is 16.6. The maximum Gasteiger partial charge on any atom is 0.203 e. The van der Waals surface area contributed by atoms with Gasteiger partial charge in [-0.25, -0.2) is 0 Å². The van der Waals surface area contributed by atoms with Crippen LogP contribution in [0.2, 0.25) is 0 Å². The lowest BCUT2D eigenvalue weighted by molar-refractivity contribution is 0.122. The van der Waals surface area contributed by atoms with Gasteiger partial charge in [0.25, 0.3) is 0 Å². The van der Waals surface area contributed by atoms with Gasteiger partial charge in [0.05, 0.1) is 27.9 Å². The Balaban J connectivity index is 1.33. The molecule has 0 saturated carbocycles. The van der Waals surface area contributed by atoms with Gasteiger partial charge >= 0.3 is 0 Å². The summed E-state index contributed by atoms with van der Waals surface area (Å²) in [5.74, 6) is 4.02. The summed E-state index contributed by atoms with van der Waals surface area (Å²) >= 11 is 0. The Labute approximate surface area is 182 Å². The molecule has 2 aromatic rings. The minimum Gasteiger partial charge on any atom is -0.508 e. The number of nitrogens with zero attached hydrogens (tertiary/aromatic N) is 2. The second-order valence-corrected chi connectivity index (χ2v) is 7.48. The molecule has 0 aromatic heterocycles. The highest BCUT2D eigenvalue weighted by Crippen LogP contribution is 2.40. The van der Waals surface area contributed by atoms with E-state index >= 15 is 0 Å². The number of phenols is 1. The third-order valence-electron chi connectivity index (χ3n) is 5.51. The van der Waals surface area contributed by atoms with E-state index in [1.807, 2.05) is 12.1 Å². The van der Waals surface area contributed by atoms with Crippen molar-refractivity contribution in [3.8, 4) is 34.5 Å². The van der Waals surface area contributed by atoms with Crippen molar-refractivity contribution in [3.63, 3.8) is 0 Å². The molecule has 2 aliphatic heterocycles. The fraction of sp³-hybridized carbons (Fsp3) is 0.391. The van der Waals surface area contributed by atoms with Gasteiger partial charge in [-0.05, 0) is 18.2 Å². The Morgan fingerprint density at radius 3 is 2.23 bits per heavy atom. The van der Waals surface area contributed by atoms with Crippen molar-refractivity contribution in [1.82, 2.24) is 9.80 Å². The molecule has 1 fully saturated rings. The number of benzene rings is 2. The van der Waals surface area contributed by atoms with E-state index in [1.165, 1.54) is 0 Å². The van der Waals surface area contributed by atoms with E-state index in [1.54, 1.807) is 45.8 Å². The van der Waals surface area contributed by atoms with E-state index in [9.17, 15) is 5.11 Å². The molecule has 0 unspecified atom stereocenters. The average molecular weight is 428 g/mol. The molecule has 1 saturated heterocycles. The van der Waals surface area contributed by atoms with Crippen LogP contribution in [0.25, 0.3) is 0 Å². The zero-order chi connectivity index (χ0) is 21.8. The summed E-state index contributed by atoms with van der Waals surface area (Å²) in [6.07, 6.45) is 1.64. The van der Waals surface area contributed by atoms with Gasteiger partial charge in [-0.2, -0.15) is 0 Å². The van der Waals surface area contributed by atoms with Crippen LogP contribution in [-0.4, -0.2) is 69.0 Å². The van der Waals surface area contributed by atoms with Gasteiger partial charge in [0.2, 0.25) is 5.75 Å². The molecular weight excluding hydrogens is 400 g/mol. The monoisotopic (exact) mass is 428 g/mol. The van der Waals surface area contributed by atoms with Crippen LogP contribution >= 0.6 is 0 Å². The molecule has 31 heavy (non-hydrogen) atoms. The lowest BCUT2D eigenvalue weighted by Crippen LogP contribution is -2.46. The molecule has 0 radical (unpaired) electrons. The topological polar surface area (TPSA) is 72.9 Å². The van der Waals surface area contributed by atoms with E-state index in [2.05, 4.69) is 9.80 Å². The van der Waals surface area contributed by atoms with E-state index in [0.29, 0.717) is 35.3 Å².